The number of hydrazone groups is 1. The van der Waals surface area contributed by atoms with E-state index in [-0.39, 0.29) is 10.5 Å². The van der Waals surface area contributed by atoms with Gasteiger partial charge in [0.25, 0.3) is 0 Å². The van der Waals surface area contributed by atoms with Crippen LogP contribution in [0.1, 0.15) is 40.0 Å². The molecule has 1 rings (SSSR count). The third-order valence-electron chi connectivity index (χ3n) is 2.63. The van der Waals surface area contributed by atoms with Crippen molar-refractivity contribution in [2.24, 2.45) is 16.3 Å². The summed E-state index contributed by atoms with van der Waals surface area (Å²) >= 11 is 4.70. The molecule has 0 spiro atoms. The van der Waals surface area contributed by atoms with Crippen LogP contribution in [0, 0.1) is 5.41 Å². The summed E-state index contributed by atoms with van der Waals surface area (Å²) in [7, 11) is 0. The molecule has 84 valence electrons. The van der Waals surface area contributed by atoms with E-state index in [9.17, 15) is 0 Å². The normalized spacial score (nSPS) is 20.7. The van der Waals surface area contributed by atoms with E-state index in [0.717, 1.165) is 12.1 Å². The highest BCUT2D eigenvalue weighted by Crippen LogP contribution is 2.33. The Bertz CT molecular complexity index is 316. The minimum atomic E-state index is 0.213. The molecule has 0 saturated heterocycles. The smallest absolute Gasteiger partial charge is 0.184 e. The molecule has 0 aromatic heterocycles. The predicted octanol–water partition coefficient (Wildman–Crippen LogP) is 2.33. The van der Waals surface area contributed by atoms with Crippen LogP contribution in [-0.2, 0) is 0 Å². The maximum absolute atomic E-state index is 5.32. The molecule has 1 aliphatic rings. The van der Waals surface area contributed by atoms with Crippen molar-refractivity contribution in [2.75, 3.05) is 0 Å². The molecule has 0 bridgehead atoms. The summed E-state index contributed by atoms with van der Waals surface area (Å²) in [5, 5.41) is 4.36. The monoisotopic (exact) mass is 225 g/mol. The number of rotatable bonds is 2. The van der Waals surface area contributed by atoms with Gasteiger partial charge >= 0.3 is 0 Å². The van der Waals surface area contributed by atoms with E-state index in [1.165, 1.54) is 18.4 Å². The maximum Gasteiger partial charge on any atom is 0.184 e. The first kappa shape index (κ1) is 12.2. The quantitative estimate of drug-likeness (QED) is 0.431. The lowest BCUT2D eigenvalue weighted by Crippen LogP contribution is -2.26. The van der Waals surface area contributed by atoms with Crippen LogP contribution in [0.25, 0.3) is 0 Å². The van der Waals surface area contributed by atoms with Crippen molar-refractivity contribution in [3.63, 3.8) is 0 Å². The molecule has 0 heterocycles. The fourth-order valence-corrected chi connectivity index (χ4v) is 1.89. The Labute approximate surface area is 96.8 Å². The number of nitrogens with two attached hydrogens (primary N) is 1. The maximum atomic E-state index is 5.32. The summed E-state index contributed by atoms with van der Waals surface area (Å²) in [6.07, 6.45) is 5.86. The second kappa shape index (κ2) is 4.75. The van der Waals surface area contributed by atoms with Crippen molar-refractivity contribution >= 4 is 23.0 Å². The van der Waals surface area contributed by atoms with Crippen molar-refractivity contribution in [3.05, 3.63) is 11.6 Å². The topological polar surface area (TPSA) is 50.4 Å². The Kier molecular flexibility index (Phi) is 3.85. The van der Waals surface area contributed by atoms with Gasteiger partial charge in [0.2, 0.25) is 0 Å². The van der Waals surface area contributed by atoms with Gasteiger partial charge in [-0.25, -0.2) is 0 Å². The minimum absolute atomic E-state index is 0.213. The van der Waals surface area contributed by atoms with Gasteiger partial charge in [0.05, 0.1) is 5.71 Å². The van der Waals surface area contributed by atoms with Crippen molar-refractivity contribution < 1.29 is 0 Å². The second-order valence-corrected chi connectivity index (χ2v) is 5.12. The van der Waals surface area contributed by atoms with E-state index in [0.29, 0.717) is 0 Å². The Morgan fingerprint density at radius 2 is 2.27 bits per heavy atom. The van der Waals surface area contributed by atoms with E-state index in [4.69, 9.17) is 18.0 Å². The summed E-state index contributed by atoms with van der Waals surface area (Å²) in [6, 6.07) is 0. The first-order valence-corrected chi connectivity index (χ1v) is 5.63. The molecule has 0 amide bonds. The zero-order valence-electron chi connectivity index (χ0n) is 9.63. The lowest BCUT2D eigenvalue weighted by Gasteiger charge is -2.27. The highest BCUT2D eigenvalue weighted by Gasteiger charge is 2.21. The molecule has 3 nitrogen and oxygen atoms in total. The number of allylic oxidation sites excluding steroid dienone is 2. The third kappa shape index (κ3) is 4.00. The van der Waals surface area contributed by atoms with E-state index in [1.54, 1.807) is 0 Å². The van der Waals surface area contributed by atoms with Gasteiger partial charge in [0.1, 0.15) is 0 Å². The molecule has 4 heteroatoms. The van der Waals surface area contributed by atoms with Gasteiger partial charge < -0.3 is 5.73 Å². The molecule has 0 atom stereocenters. The number of hydrogen-bond donors (Lipinski definition) is 2. The van der Waals surface area contributed by atoms with Gasteiger partial charge in [-0.1, -0.05) is 19.9 Å². The van der Waals surface area contributed by atoms with E-state index in [2.05, 4.69) is 30.5 Å². The van der Waals surface area contributed by atoms with Crippen LogP contribution in [0.4, 0.5) is 0 Å². The Morgan fingerprint density at radius 1 is 1.60 bits per heavy atom. The van der Waals surface area contributed by atoms with Gasteiger partial charge in [-0.3, -0.25) is 5.43 Å². The standard InChI is InChI=1S/C11H19N3S/c1-8(13-14-10(12)15)9-5-4-6-11(2,3)7-9/h7H,4-6H2,1-3H3,(H3,12,14,15). The lowest BCUT2D eigenvalue weighted by molar-refractivity contribution is 0.401. The molecular formula is C11H19N3S. The van der Waals surface area contributed by atoms with Crippen LogP contribution in [0.15, 0.2) is 16.8 Å². The molecule has 0 fully saturated rings. The van der Waals surface area contributed by atoms with Crippen molar-refractivity contribution in [3.8, 4) is 0 Å². The fourth-order valence-electron chi connectivity index (χ4n) is 1.85. The summed E-state index contributed by atoms with van der Waals surface area (Å²) < 4.78 is 0. The summed E-state index contributed by atoms with van der Waals surface area (Å²) in [4.78, 5) is 0. The molecule has 15 heavy (non-hydrogen) atoms. The fraction of sp³-hybridized carbons (Fsp3) is 0.636. The summed E-state index contributed by atoms with van der Waals surface area (Å²) in [6.45, 7) is 6.49. The van der Waals surface area contributed by atoms with Crippen molar-refractivity contribution in [1.29, 1.82) is 0 Å². The van der Waals surface area contributed by atoms with Gasteiger partial charge in [0.15, 0.2) is 5.11 Å². The van der Waals surface area contributed by atoms with Crippen molar-refractivity contribution in [1.82, 2.24) is 5.43 Å². The Balaban J connectivity index is 2.75. The number of thiocarbonyl (C=S) groups is 1. The zero-order valence-corrected chi connectivity index (χ0v) is 10.4. The average Bonchev–Trinajstić information content (AvgIpc) is 2.12. The first-order chi connectivity index (χ1) is 6.91. The largest absolute Gasteiger partial charge is 0.375 e. The van der Waals surface area contributed by atoms with Crippen molar-refractivity contribution in [2.45, 2.75) is 40.0 Å². The number of nitrogens with zero attached hydrogens (tertiary/aromatic N) is 1. The average molecular weight is 225 g/mol. The molecule has 0 saturated carbocycles. The SMILES string of the molecule is CC(=NNC(N)=S)C1=CC(C)(C)CCC1. The van der Waals surface area contributed by atoms with Crippen LogP contribution >= 0.6 is 12.2 Å². The lowest BCUT2D eigenvalue weighted by atomic mass is 9.79. The molecule has 0 radical (unpaired) electrons. The molecule has 0 aliphatic heterocycles. The van der Waals surface area contributed by atoms with Gasteiger partial charge in [-0.15, -0.1) is 0 Å². The molecule has 0 aromatic carbocycles. The van der Waals surface area contributed by atoms with E-state index < -0.39 is 0 Å². The van der Waals surface area contributed by atoms with Crippen LogP contribution < -0.4 is 11.2 Å². The summed E-state index contributed by atoms with van der Waals surface area (Å²) in [5.74, 6) is 0. The molecular weight excluding hydrogens is 206 g/mol. The van der Waals surface area contributed by atoms with Gasteiger partial charge in [0, 0.05) is 0 Å². The van der Waals surface area contributed by atoms with E-state index in [1.807, 2.05) is 6.92 Å². The highest BCUT2D eigenvalue weighted by atomic mass is 32.1. The van der Waals surface area contributed by atoms with Crippen LogP contribution in [0.5, 0.6) is 0 Å². The van der Waals surface area contributed by atoms with E-state index >= 15 is 0 Å². The third-order valence-corrected chi connectivity index (χ3v) is 2.72. The second-order valence-electron chi connectivity index (χ2n) is 4.68. The van der Waals surface area contributed by atoms with Crippen LogP contribution in [0.2, 0.25) is 0 Å². The van der Waals surface area contributed by atoms with Gasteiger partial charge in [-0.05, 0) is 49.4 Å². The van der Waals surface area contributed by atoms with Crippen LogP contribution in [-0.4, -0.2) is 10.8 Å². The van der Waals surface area contributed by atoms with Gasteiger partial charge in [-0.2, -0.15) is 5.10 Å². The molecule has 0 unspecified atom stereocenters. The molecule has 0 aromatic rings. The highest BCUT2D eigenvalue weighted by molar-refractivity contribution is 7.80. The minimum Gasteiger partial charge on any atom is -0.375 e. The number of hydrogen-bond acceptors (Lipinski definition) is 2. The molecule has 1 aliphatic carbocycles. The first-order valence-electron chi connectivity index (χ1n) is 5.22. The Morgan fingerprint density at radius 3 is 2.80 bits per heavy atom. The number of nitrogens with one attached hydrogen (secondary N) is 1. The zero-order chi connectivity index (χ0) is 11.5. The predicted molar refractivity (Wildman–Crippen MR) is 68.7 cm³/mol. The summed E-state index contributed by atoms with van der Waals surface area (Å²) in [5.41, 5.74) is 10.5. The Hall–Kier alpha value is -0.900. The van der Waals surface area contributed by atoms with Crippen LogP contribution in [0.3, 0.4) is 0 Å². The molecule has 3 N–H and O–H groups in total.